The summed E-state index contributed by atoms with van der Waals surface area (Å²) in [7, 11) is 0. The van der Waals surface area contributed by atoms with E-state index in [2.05, 4.69) is 17.4 Å². The molecule has 1 atom stereocenters. The van der Waals surface area contributed by atoms with Crippen molar-refractivity contribution < 1.29 is 5.11 Å². The van der Waals surface area contributed by atoms with Gasteiger partial charge in [0.15, 0.2) is 0 Å². The van der Waals surface area contributed by atoms with Gasteiger partial charge in [-0.2, -0.15) is 0 Å². The lowest BCUT2D eigenvalue weighted by Crippen LogP contribution is -2.21. The average Bonchev–Trinajstić information content (AvgIpc) is 2.43. The first-order valence-corrected chi connectivity index (χ1v) is 6.73. The van der Waals surface area contributed by atoms with Crippen LogP contribution in [0.1, 0.15) is 22.8 Å². The Morgan fingerprint density at radius 1 is 1.16 bits per heavy atom. The Balaban J connectivity index is 1.87. The van der Waals surface area contributed by atoms with Crippen molar-refractivity contribution >= 4 is 11.6 Å². The van der Waals surface area contributed by atoms with Crippen LogP contribution in [0.4, 0.5) is 0 Å². The minimum atomic E-state index is -0.514. The van der Waals surface area contributed by atoms with E-state index in [0.717, 1.165) is 22.7 Å². The second kappa shape index (κ2) is 6.71. The van der Waals surface area contributed by atoms with Crippen molar-refractivity contribution in [1.82, 2.24) is 5.32 Å². The van der Waals surface area contributed by atoms with Crippen molar-refractivity contribution in [3.63, 3.8) is 0 Å². The lowest BCUT2D eigenvalue weighted by Gasteiger charge is -2.13. The van der Waals surface area contributed by atoms with E-state index in [-0.39, 0.29) is 0 Å². The highest BCUT2D eigenvalue weighted by molar-refractivity contribution is 6.31. The summed E-state index contributed by atoms with van der Waals surface area (Å²) in [6, 6.07) is 15.8. The van der Waals surface area contributed by atoms with E-state index in [9.17, 15) is 5.11 Å². The third kappa shape index (κ3) is 4.06. The third-order valence-corrected chi connectivity index (χ3v) is 3.50. The largest absolute Gasteiger partial charge is 0.387 e. The van der Waals surface area contributed by atoms with E-state index in [1.165, 1.54) is 5.56 Å². The molecule has 0 saturated carbocycles. The molecule has 2 nitrogen and oxygen atoms in total. The number of rotatable bonds is 5. The normalized spacial score (nSPS) is 12.4. The number of nitrogens with one attached hydrogen (secondary N) is 1. The predicted octanol–water partition coefficient (Wildman–Crippen LogP) is 3.47. The number of aryl methyl sites for hydroxylation is 1. The molecule has 2 N–H and O–H groups in total. The van der Waals surface area contributed by atoms with Gasteiger partial charge in [0.05, 0.1) is 6.10 Å². The second-order valence-corrected chi connectivity index (χ2v) is 5.05. The number of aliphatic hydroxyl groups excluding tert-OH is 1. The Hall–Kier alpha value is -1.35. The van der Waals surface area contributed by atoms with Crippen molar-refractivity contribution in [3.8, 4) is 0 Å². The van der Waals surface area contributed by atoms with Gasteiger partial charge < -0.3 is 10.4 Å². The van der Waals surface area contributed by atoms with Crippen LogP contribution in [0.5, 0.6) is 0 Å². The molecule has 0 spiro atoms. The van der Waals surface area contributed by atoms with Gasteiger partial charge in [0.25, 0.3) is 0 Å². The minimum Gasteiger partial charge on any atom is -0.387 e. The molecule has 0 fully saturated rings. The Bertz CT molecular complexity index is 528. The molecule has 0 radical (unpaired) electrons. The topological polar surface area (TPSA) is 32.3 Å². The average molecular weight is 276 g/mol. The van der Waals surface area contributed by atoms with E-state index in [0.29, 0.717) is 6.54 Å². The van der Waals surface area contributed by atoms with Gasteiger partial charge in [-0.05, 0) is 29.7 Å². The van der Waals surface area contributed by atoms with Gasteiger partial charge in [0, 0.05) is 18.1 Å². The van der Waals surface area contributed by atoms with Crippen LogP contribution in [0.25, 0.3) is 0 Å². The maximum atomic E-state index is 10.1. The quantitative estimate of drug-likeness (QED) is 0.876. The van der Waals surface area contributed by atoms with Crippen LogP contribution in [0, 0.1) is 6.92 Å². The zero-order valence-electron chi connectivity index (χ0n) is 10.9. The maximum Gasteiger partial charge on any atom is 0.0914 e. The van der Waals surface area contributed by atoms with Gasteiger partial charge in [-0.25, -0.2) is 0 Å². The van der Waals surface area contributed by atoms with Gasteiger partial charge in [0.2, 0.25) is 0 Å². The molecule has 0 amide bonds. The van der Waals surface area contributed by atoms with E-state index >= 15 is 0 Å². The fourth-order valence-electron chi connectivity index (χ4n) is 1.94. The van der Waals surface area contributed by atoms with Gasteiger partial charge in [0.1, 0.15) is 0 Å². The highest BCUT2D eigenvalue weighted by Crippen LogP contribution is 2.20. The van der Waals surface area contributed by atoms with Crippen LogP contribution in [-0.2, 0) is 6.54 Å². The summed E-state index contributed by atoms with van der Waals surface area (Å²) in [5.74, 6) is 0. The summed E-state index contributed by atoms with van der Waals surface area (Å²) in [6.07, 6.45) is -0.514. The lowest BCUT2D eigenvalue weighted by molar-refractivity contribution is 0.174. The van der Waals surface area contributed by atoms with Crippen LogP contribution in [0.3, 0.4) is 0 Å². The Labute approximate surface area is 119 Å². The van der Waals surface area contributed by atoms with Crippen molar-refractivity contribution in [2.45, 2.75) is 19.6 Å². The van der Waals surface area contributed by atoms with E-state index in [1.54, 1.807) is 0 Å². The van der Waals surface area contributed by atoms with E-state index < -0.39 is 6.10 Å². The molecule has 0 heterocycles. The molecular formula is C16H18ClNO. The molecule has 2 rings (SSSR count). The second-order valence-electron chi connectivity index (χ2n) is 4.64. The highest BCUT2D eigenvalue weighted by Gasteiger charge is 2.08. The minimum absolute atomic E-state index is 0.514. The van der Waals surface area contributed by atoms with E-state index in [1.807, 2.05) is 43.3 Å². The molecule has 0 bridgehead atoms. The first-order valence-electron chi connectivity index (χ1n) is 6.35. The Morgan fingerprint density at radius 3 is 2.58 bits per heavy atom. The third-order valence-electron chi connectivity index (χ3n) is 3.08. The standard InChI is InChI=1S/C16H18ClNO/c1-12-9-14(7-8-15(12)17)16(19)11-18-10-13-5-3-2-4-6-13/h2-9,16,18-19H,10-11H2,1H3. The Morgan fingerprint density at radius 2 is 1.89 bits per heavy atom. The molecule has 19 heavy (non-hydrogen) atoms. The van der Waals surface area contributed by atoms with Crippen molar-refractivity contribution in [1.29, 1.82) is 0 Å². The number of halogens is 1. The molecule has 2 aromatic rings. The fourth-order valence-corrected chi connectivity index (χ4v) is 2.06. The summed E-state index contributed by atoms with van der Waals surface area (Å²) < 4.78 is 0. The molecule has 1 unspecified atom stereocenters. The van der Waals surface area contributed by atoms with Crippen LogP contribution in [-0.4, -0.2) is 11.7 Å². The number of hydrogen-bond donors (Lipinski definition) is 2. The van der Waals surface area contributed by atoms with Crippen LogP contribution in [0.15, 0.2) is 48.5 Å². The number of aliphatic hydroxyl groups is 1. The Kier molecular flexibility index (Phi) is 4.97. The van der Waals surface area contributed by atoms with Crippen LogP contribution < -0.4 is 5.32 Å². The molecule has 0 saturated heterocycles. The van der Waals surface area contributed by atoms with Crippen LogP contribution in [0.2, 0.25) is 5.02 Å². The highest BCUT2D eigenvalue weighted by atomic mass is 35.5. The summed E-state index contributed by atoms with van der Waals surface area (Å²) in [4.78, 5) is 0. The molecule has 3 heteroatoms. The predicted molar refractivity (Wildman–Crippen MR) is 79.3 cm³/mol. The van der Waals surface area contributed by atoms with Gasteiger partial charge in [-0.1, -0.05) is 54.1 Å². The number of benzene rings is 2. The number of hydrogen-bond acceptors (Lipinski definition) is 2. The van der Waals surface area contributed by atoms with Crippen molar-refractivity contribution in [2.75, 3.05) is 6.54 Å². The molecule has 100 valence electrons. The van der Waals surface area contributed by atoms with Crippen LogP contribution >= 0.6 is 11.6 Å². The zero-order chi connectivity index (χ0) is 13.7. The first-order chi connectivity index (χ1) is 9.16. The lowest BCUT2D eigenvalue weighted by atomic mass is 10.1. The molecule has 0 aliphatic rings. The summed E-state index contributed by atoms with van der Waals surface area (Å²) in [5, 5.41) is 14.1. The van der Waals surface area contributed by atoms with Gasteiger partial charge in [-0.3, -0.25) is 0 Å². The van der Waals surface area contributed by atoms with Gasteiger partial charge >= 0.3 is 0 Å². The summed E-state index contributed by atoms with van der Waals surface area (Å²) in [6.45, 7) is 3.22. The molecule has 0 aliphatic carbocycles. The molecule has 0 aliphatic heterocycles. The van der Waals surface area contributed by atoms with E-state index in [4.69, 9.17) is 11.6 Å². The first kappa shape index (κ1) is 14.1. The smallest absolute Gasteiger partial charge is 0.0914 e. The summed E-state index contributed by atoms with van der Waals surface area (Å²) >= 11 is 5.97. The van der Waals surface area contributed by atoms with Crippen molar-refractivity contribution in [3.05, 3.63) is 70.2 Å². The molecular weight excluding hydrogens is 258 g/mol. The van der Waals surface area contributed by atoms with Crippen molar-refractivity contribution in [2.24, 2.45) is 0 Å². The summed E-state index contributed by atoms with van der Waals surface area (Å²) in [5.41, 5.74) is 3.09. The molecule has 2 aromatic carbocycles. The monoisotopic (exact) mass is 275 g/mol. The maximum absolute atomic E-state index is 10.1. The SMILES string of the molecule is Cc1cc(C(O)CNCc2ccccc2)ccc1Cl. The van der Waals surface area contributed by atoms with Gasteiger partial charge in [-0.15, -0.1) is 0 Å². The fraction of sp³-hybridized carbons (Fsp3) is 0.250. The molecule has 0 aromatic heterocycles. The zero-order valence-corrected chi connectivity index (χ0v) is 11.7.